The summed E-state index contributed by atoms with van der Waals surface area (Å²) in [5, 5.41) is 0. The summed E-state index contributed by atoms with van der Waals surface area (Å²) in [6.07, 6.45) is 12.1. The van der Waals surface area contributed by atoms with Crippen LogP contribution >= 0.6 is 0 Å². The Morgan fingerprint density at radius 3 is 2.50 bits per heavy atom. The van der Waals surface area contributed by atoms with Gasteiger partial charge in [-0.2, -0.15) is 0 Å². The second-order valence-electron chi connectivity index (χ2n) is 7.67. The van der Waals surface area contributed by atoms with E-state index in [1.54, 1.807) is 0 Å². The Morgan fingerprint density at radius 1 is 0.885 bits per heavy atom. The molecule has 138 valence electrons. The Bertz CT molecular complexity index is 748. The second kappa shape index (κ2) is 8.15. The van der Waals surface area contributed by atoms with Crippen molar-refractivity contribution in [3.8, 4) is 11.5 Å². The molecular formula is C22H30N4. The van der Waals surface area contributed by atoms with Crippen LogP contribution in [0.5, 0.6) is 0 Å². The normalized spacial score (nSPS) is 17.7. The van der Waals surface area contributed by atoms with Gasteiger partial charge in [0.25, 0.3) is 0 Å². The molecule has 1 aliphatic heterocycles. The Balaban J connectivity index is 1.75. The molecule has 0 saturated carbocycles. The van der Waals surface area contributed by atoms with Crippen LogP contribution in [0.1, 0.15) is 68.8 Å². The van der Waals surface area contributed by atoms with E-state index in [1.807, 2.05) is 0 Å². The van der Waals surface area contributed by atoms with E-state index in [9.17, 15) is 0 Å². The average molecular weight is 351 g/mol. The first-order valence-corrected chi connectivity index (χ1v) is 10.5. The highest BCUT2D eigenvalue weighted by Crippen LogP contribution is 2.31. The predicted octanol–water partition coefficient (Wildman–Crippen LogP) is 4.75. The van der Waals surface area contributed by atoms with Crippen LogP contribution in [0.15, 0.2) is 18.2 Å². The van der Waals surface area contributed by atoms with Crippen LogP contribution < -0.4 is 4.90 Å². The molecule has 26 heavy (non-hydrogen) atoms. The van der Waals surface area contributed by atoms with Crippen LogP contribution in [0.4, 0.5) is 5.82 Å². The van der Waals surface area contributed by atoms with Gasteiger partial charge >= 0.3 is 0 Å². The molecule has 4 heteroatoms. The van der Waals surface area contributed by atoms with Gasteiger partial charge in [0, 0.05) is 30.0 Å². The lowest BCUT2D eigenvalue weighted by atomic mass is 9.96. The molecule has 1 fully saturated rings. The van der Waals surface area contributed by atoms with Gasteiger partial charge in [0.15, 0.2) is 5.82 Å². The van der Waals surface area contributed by atoms with Crippen molar-refractivity contribution >= 4 is 5.82 Å². The van der Waals surface area contributed by atoms with E-state index >= 15 is 0 Å². The highest BCUT2D eigenvalue weighted by molar-refractivity contribution is 5.58. The largest absolute Gasteiger partial charge is 0.356 e. The maximum absolute atomic E-state index is 5.08. The van der Waals surface area contributed by atoms with Crippen molar-refractivity contribution in [1.29, 1.82) is 0 Å². The smallest absolute Gasteiger partial charge is 0.180 e. The quantitative estimate of drug-likeness (QED) is 0.798. The van der Waals surface area contributed by atoms with E-state index in [0.29, 0.717) is 0 Å². The Morgan fingerprint density at radius 2 is 1.69 bits per heavy atom. The van der Waals surface area contributed by atoms with Gasteiger partial charge in [-0.3, -0.25) is 0 Å². The first kappa shape index (κ1) is 17.4. The van der Waals surface area contributed by atoms with E-state index < -0.39 is 0 Å². The van der Waals surface area contributed by atoms with Crippen molar-refractivity contribution in [1.82, 2.24) is 15.0 Å². The molecule has 0 spiro atoms. The van der Waals surface area contributed by atoms with Crippen molar-refractivity contribution in [3.05, 3.63) is 35.2 Å². The third-order valence-corrected chi connectivity index (χ3v) is 5.61. The summed E-state index contributed by atoms with van der Waals surface area (Å²) in [7, 11) is 0. The SMILES string of the molecule is CCCc1cccc(-c2nc3c(c(N4CCCCCC4)n2)CCCC3)n1. The Kier molecular flexibility index (Phi) is 5.47. The first-order chi connectivity index (χ1) is 12.8. The summed E-state index contributed by atoms with van der Waals surface area (Å²) in [5.41, 5.74) is 4.75. The minimum atomic E-state index is 0.822. The lowest BCUT2D eigenvalue weighted by Gasteiger charge is -2.27. The number of nitrogens with zero attached hydrogens (tertiary/aromatic N) is 4. The van der Waals surface area contributed by atoms with E-state index in [-0.39, 0.29) is 0 Å². The van der Waals surface area contributed by atoms with Crippen LogP contribution in [0, 0.1) is 0 Å². The van der Waals surface area contributed by atoms with Gasteiger partial charge in [0.05, 0.1) is 0 Å². The van der Waals surface area contributed by atoms with Crippen molar-refractivity contribution in [2.24, 2.45) is 0 Å². The number of pyridine rings is 1. The second-order valence-corrected chi connectivity index (χ2v) is 7.67. The fourth-order valence-corrected chi connectivity index (χ4v) is 4.23. The molecule has 1 saturated heterocycles. The maximum Gasteiger partial charge on any atom is 0.180 e. The summed E-state index contributed by atoms with van der Waals surface area (Å²) in [6, 6.07) is 6.28. The first-order valence-electron chi connectivity index (χ1n) is 10.5. The number of fused-ring (bicyclic) bond motifs is 1. The molecule has 4 rings (SSSR count). The molecule has 0 N–H and O–H groups in total. The summed E-state index contributed by atoms with van der Waals surface area (Å²) in [4.78, 5) is 17.4. The van der Waals surface area contributed by atoms with Gasteiger partial charge in [-0.1, -0.05) is 32.3 Å². The zero-order valence-corrected chi connectivity index (χ0v) is 16.0. The third kappa shape index (κ3) is 3.74. The van der Waals surface area contributed by atoms with Crippen LogP contribution in [0.3, 0.4) is 0 Å². The van der Waals surface area contributed by atoms with Crippen LogP contribution in [-0.4, -0.2) is 28.0 Å². The number of anilines is 1. The zero-order valence-electron chi connectivity index (χ0n) is 16.0. The van der Waals surface area contributed by atoms with Crippen molar-refractivity contribution in [2.75, 3.05) is 18.0 Å². The molecule has 0 amide bonds. The Hall–Kier alpha value is -1.97. The number of hydrogen-bond donors (Lipinski definition) is 0. The molecule has 0 atom stereocenters. The standard InChI is InChI=1S/C22H30N4/c1-2-10-17-11-9-14-20(23-17)21-24-19-13-6-5-12-18(19)22(25-21)26-15-7-3-4-8-16-26/h9,11,14H,2-8,10,12-13,15-16H2,1H3. The van der Waals surface area contributed by atoms with Crippen LogP contribution in [-0.2, 0) is 19.3 Å². The molecule has 0 radical (unpaired) electrons. The van der Waals surface area contributed by atoms with Gasteiger partial charge in [0.1, 0.15) is 11.5 Å². The summed E-state index contributed by atoms with van der Waals surface area (Å²) in [6.45, 7) is 4.46. The zero-order chi connectivity index (χ0) is 17.8. The number of aryl methyl sites for hydroxylation is 2. The van der Waals surface area contributed by atoms with Gasteiger partial charge in [-0.25, -0.2) is 15.0 Å². The van der Waals surface area contributed by atoms with Crippen molar-refractivity contribution in [3.63, 3.8) is 0 Å². The van der Waals surface area contributed by atoms with E-state index in [4.69, 9.17) is 15.0 Å². The number of hydrogen-bond acceptors (Lipinski definition) is 4. The predicted molar refractivity (Wildman–Crippen MR) is 107 cm³/mol. The molecule has 3 heterocycles. The summed E-state index contributed by atoms with van der Waals surface area (Å²) in [5.74, 6) is 2.03. The minimum absolute atomic E-state index is 0.822. The topological polar surface area (TPSA) is 41.9 Å². The highest BCUT2D eigenvalue weighted by Gasteiger charge is 2.23. The Labute approximate surface area is 157 Å². The minimum Gasteiger partial charge on any atom is -0.356 e. The lowest BCUT2D eigenvalue weighted by molar-refractivity contribution is 0.654. The molecule has 0 unspecified atom stereocenters. The summed E-state index contributed by atoms with van der Waals surface area (Å²) < 4.78 is 0. The van der Waals surface area contributed by atoms with Crippen LogP contribution in [0.25, 0.3) is 11.5 Å². The molecular weight excluding hydrogens is 320 g/mol. The fourth-order valence-electron chi connectivity index (χ4n) is 4.23. The molecule has 2 aliphatic rings. The van der Waals surface area contributed by atoms with E-state index in [0.717, 1.165) is 56.0 Å². The summed E-state index contributed by atoms with van der Waals surface area (Å²) >= 11 is 0. The fraction of sp³-hybridized carbons (Fsp3) is 0.591. The van der Waals surface area contributed by atoms with Gasteiger partial charge in [-0.15, -0.1) is 0 Å². The molecule has 0 aromatic carbocycles. The number of rotatable bonds is 4. The molecule has 0 bridgehead atoms. The molecule has 2 aromatic rings. The molecule has 4 nitrogen and oxygen atoms in total. The van der Waals surface area contributed by atoms with E-state index in [1.165, 1.54) is 55.6 Å². The van der Waals surface area contributed by atoms with Crippen molar-refractivity contribution < 1.29 is 0 Å². The van der Waals surface area contributed by atoms with Gasteiger partial charge < -0.3 is 4.90 Å². The number of aromatic nitrogens is 3. The lowest BCUT2D eigenvalue weighted by Crippen LogP contribution is -2.28. The van der Waals surface area contributed by atoms with Crippen LogP contribution in [0.2, 0.25) is 0 Å². The van der Waals surface area contributed by atoms with Gasteiger partial charge in [0.2, 0.25) is 0 Å². The maximum atomic E-state index is 5.08. The van der Waals surface area contributed by atoms with Crippen molar-refractivity contribution in [2.45, 2.75) is 71.1 Å². The average Bonchev–Trinajstić information content (AvgIpc) is 2.97. The van der Waals surface area contributed by atoms with Gasteiger partial charge in [-0.05, 0) is 57.1 Å². The van der Waals surface area contributed by atoms with E-state index in [2.05, 4.69) is 30.0 Å². The molecule has 1 aliphatic carbocycles. The third-order valence-electron chi connectivity index (χ3n) is 5.61. The monoisotopic (exact) mass is 350 g/mol. The molecule has 2 aromatic heterocycles. The highest BCUT2D eigenvalue weighted by atomic mass is 15.2.